The molecular weight excluding hydrogens is 168 g/mol. The zero-order valence-electron chi connectivity index (χ0n) is 5.45. The van der Waals surface area contributed by atoms with E-state index in [9.17, 15) is 28.8 Å². The number of hydrogen-bond acceptors (Lipinski definition) is 6. The van der Waals surface area contributed by atoms with Gasteiger partial charge in [-0.1, -0.05) is 0 Å². The summed E-state index contributed by atoms with van der Waals surface area (Å²) in [6, 6.07) is 0. The molecule has 1 rings (SSSR count). The van der Waals surface area contributed by atoms with E-state index < -0.39 is 34.7 Å². The van der Waals surface area contributed by atoms with Gasteiger partial charge in [-0.3, -0.25) is 28.8 Å². The molecule has 0 N–H and O–H groups in total. The summed E-state index contributed by atoms with van der Waals surface area (Å²) in [5.74, 6) is -10.4. The minimum Gasteiger partial charge on any atom is -0.281 e. The van der Waals surface area contributed by atoms with Gasteiger partial charge >= 0.3 is 0 Å². The SMILES string of the molecule is O=C1C(=O)C(=O)C(=O)C(=O)C1=O. The minimum absolute atomic E-state index is 1.73. The Morgan fingerprint density at radius 2 is 0.417 bits per heavy atom. The molecule has 1 saturated carbocycles. The molecule has 1 aliphatic carbocycles. The smallest absolute Gasteiger partial charge is 0.281 e. The molecule has 0 aromatic rings. The minimum atomic E-state index is -1.73. The summed E-state index contributed by atoms with van der Waals surface area (Å²) in [5.41, 5.74) is 0. The normalized spacial score (nSPS) is 19.0. The van der Waals surface area contributed by atoms with Crippen LogP contribution in [0.4, 0.5) is 0 Å². The first-order chi connectivity index (χ1) is 5.46. The van der Waals surface area contributed by atoms with Crippen LogP contribution in [0.3, 0.4) is 0 Å². The van der Waals surface area contributed by atoms with Gasteiger partial charge in [0.25, 0.3) is 34.7 Å². The summed E-state index contributed by atoms with van der Waals surface area (Å²) in [5, 5.41) is 0. The highest BCUT2D eigenvalue weighted by Gasteiger charge is 2.47. The molecule has 1 aliphatic rings. The monoisotopic (exact) mass is 168 g/mol. The predicted octanol–water partition coefficient (Wildman–Crippen LogP) is -2.59. The largest absolute Gasteiger partial charge is 0.281 e. The number of hydrogen-bond donors (Lipinski definition) is 0. The molecule has 0 bridgehead atoms. The average molecular weight is 168 g/mol. The van der Waals surface area contributed by atoms with E-state index in [1.807, 2.05) is 0 Å². The maximum Gasteiger partial charge on any atom is 0.281 e. The van der Waals surface area contributed by atoms with Crippen LogP contribution in [0.25, 0.3) is 0 Å². The number of carbonyl (C=O) groups is 6. The lowest BCUT2D eigenvalue weighted by Gasteiger charge is -2.01. The van der Waals surface area contributed by atoms with Crippen molar-refractivity contribution in [3.8, 4) is 0 Å². The molecule has 60 valence electrons. The van der Waals surface area contributed by atoms with Gasteiger partial charge in [-0.2, -0.15) is 0 Å². The summed E-state index contributed by atoms with van der Waals surface area (Å²) in [4.78, 5) is 62.4. The van der Waals surface area contributed by atoms with Gasteiger partial charge in [0.2, 0.25) is 0 Å². The van der Waals surface area contributed by atoms with Gasteiger partial charge < -0.3 is 0 Å². The molecule has 6 heteroatoms. The highest BCUT2D eigenvalue weighted by atomic mass is 16.2. The summed E-state index contributed by atoms with van der Waals surface area (Å²) in [7, 11) is 0. The van der Waals surface area contributed by atoms with E-state index >= 15 is 0 Å². The van der Waals surface area contributed by atoms with Gasteiger partial charge in [0.1, 0.15) is 0 Å². The summed E-state index contributed by atoms with van der Waals surface area (Å²) >= 11 is 0. The zero-order chi connectivity index (χ0) is 9.46. The Bertz CT molecular complexity index is 243. The maximum atomic E-state index is 10.4. The standard InChI is InChI=1S/C6O6/c7-1-2(8)4(10)6(12)5(11)3(1)9. The highest BCUT2D eigenvalue weighted by Crippen LogP contribution is 1.96. The van der Waals surface area contributed by atoms with E-state index in [-0.39, 0.29) is 0 Å². The summed E-state index contributed by atoms with van der Waals surface area (Å²) < 4.78 is 0. The van der Waals surface area contributed by atoms with Crippen molar-refractivity contribution in [2.45, 2.75) is 0 Å². The molecule has 0 saturated heterocycles. The van der Waals surface area contributed by atoms with Crippen molar-refractivity contribution in [2.75, 3.05) is 0 Å². The average Bonchev–Trinajstić information content (AvgIpc) is 2.08. The third-order valence-electron chi connectivity index (χ3n) is 1.24. The first-order valence-electron chi connectivity index (χ1n) is 2.72. The topological polar surface area (TPSA) is 102 Å². The van der Waals surface area contributed by atoms with Crippen LogP contribution in [0.5, 0.6) is 0 Å². The predicted molar refractivity (Wildman–Crippen MR) is 30.0 cm³/mol. The summed E-state index contributed by atoms with van der Waals surface area (Å²) in [6.07, 6.45) is 0. The van der Waals surface area contributed by atoms with Gasteiger partial charge in [-0.05, 0) is 0 Å². The Morgan fingerprint density at radius 1 is 0.333 bits per heavy atom. The molecule has 1 fully saturated rings. The molecule has 0 unspecified atom stereocenters. The van der Waals surface area contributed by atoms with Crippen LogP contribution in [0.15, 0.2) is 0 Å². The van der Waals surface area contributed by atoms with Crippen molar-refractivity contribution < 1.29 is 28.8 Å². The molecule has 0 radical (unpaired) electrons. The molecule has 12 heavy (non-hydrogen) atoms. The second-order valence-corrected chi connectivity index (χ2v) is 1.97. The molecule has 0 atom stereocenters. The second kappa shape index (κ2) is 2.26. The highest BCUT2D eigenvalue weighted by molar-refractivity contribution is 7.08. The van der Waals surface area contributed by atoms with Crippen LogP contribution in [0.1, 0.15) is 0 Å². The van der Waals surface area contributed by atoms with E-state index in [0.29, 0.717) is 0 Å². The van der Waals surface area contributed by atoms with E-state index in [2.05, 4.69) is 0 Å². The molecule has 0 aliphatic heterocycles. The van der Waals surface area contributed by atoms with Crippen molar-refractivity contribution >= 4 is 34.7 Å². The molecule has 0 heterocycles. The van der Waals surface area contributed by atoms with E-state index in [1.54, 1.807) is 0 Å². The summed E-state index contributed by atoms with van der Waals surface area (Å²) in [6.45, 7) is 0. The van der Waals surface area contributed by atoms with E-state index in [4.69, 9.17) is 0 Å². The third-order valence-corrected chi connectivity index (χ3v) is 1.24. The Labute approximate surface area is 64.5 Å². The Kier molecular flexibility index (Phi) is 1.53. The van der Waals surface area contributed by atoms with Crippen LogP contribution in [0, 0.1) is 0 Å². The lowest BCUT2D eigenvalue weighted by atomic mass is 9.93. The van der Waals surface area contributed by atoms with Gasteiger partial charge in [-0.15, -0.1) is 0 Å². The molecule has 0 aromatic heterocycles. The number of ketones is 6. The van der Waals surface area contributed by atoms with Gasteiger partial charge in [0.05, 0.1) is 0 Å². The Morgan fingerprint density at radius 3 is 0.500 bits per heavy atom. The first-order valence-corrected chi connectivity index (χ1v) is 2.72. The Balaban J connectivity index is 3.25. The Hall–Kier alpha value is -1.98. The molecule has 6 nitrogen and oxygen atoms in total. The third kappa shape index (κ3) is 0.815. The fourth-order valence-electron chi connectivity index (χ4n) is 0.619. The maximum absolute atomic E-state index is 10.4. The van der Waals surface area contributed by atoms with Crippen molar-refractivity contribution in [3.05, 3.63) is 0 Å². The number of rotatable bonds is 0. The lowest BCUT2D eigenvalue weighted by Crippen LogP contribution is -2.49. The van der Waals surface area contributed by atoms with Crippen LogP contribution in [-0.2, 0) is 28.8 Å². The fraction of sp³-hybridized carbons (Fsp3) is 0. The molecule has 0 aromatic carbocycles. The van der Waals surface area contributed by atoms with Crippen LogP contribution in [-0.4, -0.2) is 34.7 Å². The quantitative estimate of drug-likeness (QED) is 0.368. The van der Waals surface area contributed by atoms with E-state index in [0.717, 1.165) is 0 Å². The molecular formula is C6O6. The van der Waals surface area contributed by atoms with Crippen LogP contribution < -0.4 is 0 Å². The van der Waals surface area contributed by atoms with Crippen molar-refractivity contribution in [1.29, 1.82) is 0 Å². The van der Waals surface area contributed by atoms with Gasteiger partial charge in [0.15, 0.2) is 0 Å². The lowest BCUT2D eigenvalue weighted by molar-refractivity contribution is -0.158. The van der Waals surface area contributed by atoms with Gasteiger partial charge in [0, 0.05) is 0 Å². The van der Waals surface area contributed by atoms with Gasteiger partial charge in [-0.25, -0.2) is 0 Å². The second-order valence-electron chi connectivity index (χ2n) is 1.97. The van der Waals surface area contributed by atoms with Crippen LogP contribution >= 0.6 is 0 Å². The van der Waals surface area contributed by atoms with Crippen LogP contribution in [0.2, 0.25) is 0 Å². The van der Waals surface area contributed by atoms with E-state index in [1.165, 1.54) is 0 Å². The number of Topliss-reactive ketones (excluding diaryl/α,β-unsaturated/α-hetero) is 6. The zero-order valence-corrected chi connectivity index (χ0v) is 5.45. The number of carbonyl (C=O) groups excluding carboxylic acids is 6. The van der Waals surface area contributed by atoms with Crippen molar-refractivity contribution in [2.24, 2.45) is 0 Å². The first kappa shape index (κ1) is 8.12. The molecule has 0 amide bonds. The molecule has 0 spiro atoms. The van der Waals surface area contributed by atoms with Crippen molar-refractivity contribution in [3.63, 3.8) is 0 Å². The fourth-order valence-corrected chi connectivity index (χ4v) is 0.619. The van der Waals surface area contributed by atoms with Crippen molar-refractivity contribution in [1.82, 2.24) is 0 Å².